The Bertz CT molecular complexity index is 230. The number of carbonyl (C=O) groups is 1. The van der Waals surface area contributed by atoms with E-state index in [0.29, 0.717) is 5.92 Å². The Hall–Kier alpha value is -0.830. The van der Waals surface area contributed by atoms with Crippen LogP contribution >= 0.6 is 0 Å². The van der Waals surface area contributed by atoms with E-state index < -0.39 is 11.6 Å². The summed E-state index contributed by atoms with van der Waals surface area (Å²) in [6.07, 6.45) is 5.49. The molecule has 0 radical (unpaired) electrons. The van der Waals surface area contributed by atoms with Crippen molar-refractivity contribution in [3.8, 4) is 0 Å². The lowest BCUT2D eigenvalue weighted by atomic mass is 9.78. The van der Waals surface area contributed by atoms with E-state index in [4.69, 9.17) is 5.11 Å². The molecule has 0 heterocycles. The average Bonchev–Trinajstić information content (AvgIpc) is 2.04. The summed E-state index contributed by atoms with van der Waals surface area (Å²) in [4.78, 5) is 10.7. The van der Waals surface area contributed by atoms with Crippen LogP contribution in [0, 0.1) is 11.8 Å². The largest absolute Gasteiger partial charge is 0.479 e. The Morgan fingerprint density at radius 2 is 2.23 bits per heavy atom. The molecule has 0 aromatic carbocycles. The molecule has 1 aliphatic rings. The molecular weight excluding hydrogens is 168 g/mol. The van der Waals surface area contributed by atoms with Crippen LogP contribution in [0.1, 0.15) is 26.7 Å². The Balaban J connectivity index is 2.76. The zero-order valence-electron chi connectivity index (χ0n) is 8.03. The summed E-state index contributed by atoms with van der Waals surface area (Å²) in [5.74, 6) is -0.939. The Kier molecular flexibility index (Phi) is 2.76. The van der Waals surface area contributed by atoms with Gasteiger partial charge in [-0.2, -0.15) is 0 Å². The molecule has 0 aliphatic heterocycles. The molecule has 0 bridgehead atoms. The van der Waals surface area contributed by atoms with Gasteiger partial charge in [0.15, 0.2) is 5.60 Å². The summed E-state index contributed by atoms with van der Waals surface area (Å²) in [6, 6.07) is 0. The van der Waals surface area contributed by atoms with Crippen molar-refractivity contribution in [1.82, 2.24) is 0 Å². The van der Waals surface area contributed by atoms with E-state index in [1.807, 2.05) is 12.2 Å². The Morgan fingerprint density at radius 3 is 2.69 bits per heavy atom. The van der Waals surface area contributed by atoms with Crippen molar-refractivity contribution in [3.63, 3.8) is 0 Å². The highest BCUT2D eigenvalue weighted by Crippen LogP contribution is 2.31. The highest BCUT2D eigenvalue weighted by molar-refractivity contribution is 5.77. The van der Waals surface area contributed by atoms with E-state index in [0.717, 1.165) is 12.8 Å². The topological polar surface area (TPSA) is 57.5 Å². The fraction of sp³-hybridized carbons (Fsp3) is 0.700. The first-order chi connectivity index (χ1) is 5.94. The standard InChI is InChI=1S/C10H16O3/c1-7-4-3-5-8(6-7)10(2,13)9(11)12/h3,5,7-8,13H,4,6H2,1-2H3,(H,11,12)/t7?,8-,10+/m1/s1. The zero-order valence-corrected chi connectivity index (χ0v) is 8.03. The van der Waals surface area contributed by atoms with Gasteiger partial charge in [0.2, 0.25) is 0 Å². The lowest BCUT2D eigenvalue weighted by molar-refractivity contribution is -0.161. The van der Waals surface area contributed by atoms with Crippen molar-refractivity contribution >= 4 is 5.97 Å². The maximum absolute atomic E-state index is 10.7. The van der Waals surface area contributed by atoms with Crippen LogP contribution in [-0.4, -0.2) is 21.8 Å². The molecule has 3 heteroatoms. The summed E-state index contributed by atoms with van der Waals surface area (Å²) < 4.78 is 0. The summed E-state index contributed by atoms with van der Waals surface area (Å²) in [5.41, 5.74) is -1.62. The fourth-order valence-electron chi connectivity index (χ4n) is 1.66. The first kappa shape index (κ1) is 10.3. The molecule has 3 atom stereocenters. The van der Waals surface area contributed by atoms with Gasteiger partial charge < -0.3 is 10.2 Å². The average molecular weight is 184 g/mol. The SMILES string of the molecule is CC1CC=C[C@@H]([C@](C)(O)C(=O)O)C1. The van der Waals surface area contributed by atoms with Gasteiger partial charge in [-0.3, -0.25) is 0 Å². The van der Waals surface area contributed by atoms with E-state index in [2.05, 4.69) is 6.92 Å². The molecule has 0 aromatic rings. The van der Waals surface area contributed by atoms with Crippen molar-refractivity contribution in [2.24, 2.45) is 11.8 Å². The smallest absolute Gasteiger partial charge is 0.336 e. The lowest BCUT2D eigenvalue weighted by Crippen LogP contribution is -2.43. The molecule has 2 N–H and O–H groups in total. The minimum absolute atomic E-state index is 0.256. The molecular formula is C10H16O3. The van der Waals surface area contributed by atoms with Crippen molar-refractivity contribution in [3.05, 3.63) is 12.2 Å². The quantitative estimate of drug-likeness (QED) is 0.638. The third kappa shape index (κ3) is 2.10. The van der Waals surface area contributed by atoms with Crippen molar-refractivity contribution in [2.45, 2.75) is 32.3 Å². The summed E-state index contributed by atoms with van der Waals surface area (Å²) in [6.45, 7) is 3.43. The molecule has 1 rings (SSSR count). The molecule has 0 saturated heterocycles. The number of carboxylic acid groups (broad SMARTS) is 1. The van der Waals surface area contributed by atoms with Crippen LogP contribution < -0.4 is 0 Å². The highest BCUT2D eigenvalue weighted by Gasteiger charge is 2.39. The predicted octanol–water partition coefficient (Wildman–Crippen LogP) is 1.42. The van der Waals surface area contributed by atoms with Crippen LogP contribution in [0.4, 0.5) is 0 Å². The number of rotatable bonds is 2. The molecule has 1 aliphatic carbocycles. The van der Waals surface area contributed by atoms with Crippen molar-refractivity contribution in [1.29, 1.82) is 0 Å². The molecule has 0 fully saturated rings. The van der Waals surface area contributed by atoms with Crippen LogP contribution in [0.5, 0.6) is 0 Å². The van der Waals surface area contributed by atoms with Crippen molar-refractivity contribution < 1.29 is 15.0 Å². The molecule has 13 heavy (non-hydrogen) atoms. The van der Waals surface area contributed by atoms with Crippen LogP contribution in [0.15, 0.2) is 12.2 Å². The third-order valence-corrected chi connectivity index (χ3v) is 2.72. The van der Waals surface area contributed by atoms with E-state index in [1.54, 1.807) is 0 Å². The van der Waals surface area contributed by atoms with E-state index >= 15 is 0 Å². The second-order valence-corrected chi connectivity index (χ2v) is 4.06. The third-order valence-electron chi connectivity index (χ3n) is 2.72. The summed E-state index contributed by atoms with van der Waals surface area (Å²) in [7, 11) is 0. The molecule has 0 amide bonds. The van der Waals surface area contributed by atoms with Gasteiger partial charge in [-0.1, -0.05) is 19.1 Å². The number of hydrogen-bond acceptors (Lipinski definition) is 2. The fourth-order valence-corrected chi connectivity index (χ4v) is 1.66. The van der Waals surface area contributed by atoms with Crippen LogP contribution in [0.3, 0.4) is 0 Å². The lowest BCUT2D eigenvalue weighted by Gasteiger charge is -2.31. The number of carboxylic acids is 1. The van der Waals surface area contributed by atoms with Gasteiger partial charge in [0.25, 0.3) is 0 Å². The van der Waals surface area contributed by atoms with Gasteiger partial charge in [-0.25, -0.2) is 4.79 Å². The second-order valence-electron chi connectivity index (χ2n) is 4.06. The Morgan fingerprint density at radius 1 is 1.62 bits per heavy atom. The monoisotopic (exact) mass is 184 g/mol. The molecule has 0 spiro atoms. The Labute approximate surface area is 78.1 Å². The van der Waals surface area contributed by atoms with Gasteiger partial charge in [0, 0.05) is 5.92 Å². The molecule has 0 saturated carbocycles. The van der Waals surface area contributed by atoms with Crippen LogP contribution in [0.25, 0.3) is 0 Å². The van der Waals surface area contributed by atoms with Gasteiger partial charge in [-0.05, 0) is 25.7 Å². The van der Waals surface area contributed by atoms with E-state index in [9.17, 15) is 9.90 Å². The number of aliphatic carboxylic acids is 1. The molecule has 3 nitrogen and oxygen atoms in total. The maximum atomic E-state index is 10.7. The minimum atomic E-state index is -1.62. The highest BCUT2D eigenvalue weighted by atomic mass is 16.4. The van der Waals surface area contributed by atoms with Gasteiger partial charge in [-0.15, -0.1) is 0 Å². The van der Waals surface area contributed by atoms with E-state index in [1.165, 1.54) is 6.92 Å². The minimum Gasteiger partial charge on any atom is -0.479 e. The van der Waals surface area contributed by atoms with Crippen LogP contribution in [0.2, 0.25) is 0 Å². The molecule has 1 unspecified atom stereocenters. The van der Waals surface area contributed by atoms with Gasteiger partial charge >= 0.3 is 5.97 Å². The number of aliphatic hydroxyl groups is 1. The maximum Gasteiger partial charge on any atom is 0.336 e. The second kappa shape index (κ2) is 3.50. The van der Waals surface area contributed by atoms with E-state index in [-0.39, 0.29) is 5.92 Å². The zero-order chi connectivity index (χ0) is 10.1. The molecule has 0 aromatic heterocycles. The molecule has 74 valence electrons. The predicted molar refractivity (Wildman–Crippen MR) is 49.3 cm³/mol. The van der Waals surface area contributed by atoms with Gasteiger partial charge in [0.05, 0.1) is 0 Å². The normalized spacial score (nSPS) is 32.5. The van der Waals surface area contributed by atoms with Gasteiger partial charge in [0.1, 0.15) is 0 Å². The first-order valence-electron chi connectivity index (χ1n) is 4.57. The van der Waals surface area contributed by atoms with Crippen LogP contribution in [-0.2, 0) is 4.79 Å². The van der Waals surface area contributed by atoms with Crippen molar-refractivity contribution in [2.75, 3.05) is 0 Å². The number of allylic oxidation sites excluding steroid dienone is 1. The summed E-state index contributed by atoms with van der Waals surface area (Å²) in [5, 5.41) is 18.5. The number of hydrogen-bond donors (Lipinski definition) is 2. The first-order valence-corrected chi connectivity index (χ1v) is 4.57. The summed E-state index contributed by atoms with van der Waals surface area (Å²) >= 11 is 0.